The zero-order chi connectivity index (χ0) is 15.9. The van der Waals surface area contributed by atoms with Gasteiger partial charge < -0.3 is 15.3 Å². The van der Waals surface area contributed by atoms with E-state index >= 15 is 0 Å². The number of ketones is 1. The number of allylic oxidation sites excluding steroid dienone is 1. The molecule has 2 N–H and O–H groups in total. The second-order valence-corrected chi connectivity index (χ2v) is 5.23. The van der Waals surface area contributed by atoms with Crippen LogP contribution in [0.25, 0.3) is 12.2 Å². The summed E-state index contributed by atoms with van der Waals surface area (Å²) in [4.78, 5) is 23.9. The van der Waals surface area contributed by atoms with Crippen molar-refractivity contribution in [2.24, 2.45) is 0 Å². The van der Waals surface area contributed by atoms with Crippen molar-refractivity contribution < 1.29 is 19.4 Å². The molecule has 0 atom stereocenters. The van der Waals surface area contributed by atoms with Gasteiger partial charge in [0, 0.05) is 18.4 Å². The van der Waals surface area contributed by atoms with Gasteiger partial charge in [-0.3, -0.25) is 4.79 Å². The Bertz CT molecular complexity index is 771. The van der Waals surface area contributed by atoms with Gasteiger partial charge in [-0.2, -0.15) is 0 Å². The van der Waals surface area contributed by atoms with Gasteiger partial charge in [0.15, 0.2) is 5.78 Å². The summed E-state index contributed by atoms with van der Waals surface area (Å²) in [5, 5.41) is 18.4. The summed E-state index contributed by atoms with van der Waals surface area (Å²) in [6.45, 7) is 1.91. The van der Waals surface area contributed by atoms with Crippen molar-refractivity contribution in [1.82, 2.24) is 0 Å². The van der Waals surface area contributed by atoms with Crippen molar-refractivity contribution >= 4 is 29.6 Å². The lowest BCUT2D eigenvalue weighted by atomic mass is 9.84. The predicted molar refractivity (Wildman–Crippen MR) is 82.1 cm³/mol. The first-order valence-corrected chi connectivity index (χ1v) is 7.08. The van der Waals surface area contributed by atoms with Crippen molar-refractivity contribution in [2.75, 3.05) is 6.61 Å². The van der Waals surface area contributed by atoms with E-state index in [1.54, 1.807) is 25.1 Å². The summed E-state index contributed by atoms with van der Waals surface area (Å²) in [6.07, 6.45) is 5.47. The average molecular weight is 297 g/mol. The topological polar surface area (TPSA) is 87.5 Å². The van der Waals surface area contributed by atoms with Crippen LogP contribution in [0.1, 0.15) is 40.4 Å². The van der Waals surface area contributed by atoms with Crippen LogP contribution in [0, 0.1) is 5.41 Å². The molecule has 0 unspecified atom stereocenters. The van der Waals surface area contributed by atoms with Crippen LogP contribution in [0.4, 0.5) is 0 Å². The third-order valence-electron chi connectivity index (χ3n) is 3.81. The second-order valence-electron chi connectivity index (χ2n) is 5.23. The Labute approximate surface area is 127 Å². The Balaban J connectivity index is 2.17. The summed E-state index contributed by atoms with van der Waals surface area (Å²) < 4.78 is 4.93. The van der Waals surface area contributed by atoms with E-state index in [4.69, 9.17) is 10.1 Å². The fourth-order valence-electron chi connectivity index (χ4n) is 2.80. The second kappa shape index (κ2) is 5.26. The van der Waals surface area contributed by atoms with Crippen molar-refractivity contribution in [3.63, 3.8) is 0 Å². The van der Waals surface area contributed by atoms with Gasteiger partial charge in [-0.25, -0.2) is 4.79 Å². The number of carbonyl (C=O) groups excluding carboxylic acids is 2. The molecule has 112 valence electrons. The first-order valence-electron chi connectivity index (χ1n) is 7.08. The molecule has 3 rings (SSSR count). The molecule has 22 heavy (non-hydrogen) atoms. The fourth-order valence-corrected chi connectivity index (χ4v) is 2.80. The van der Waals surface area contributed by atoms with E-state index in [-0.39, 0.29) is 47.8 Å². The Morgan fingerprint density at radius 3 is 2.95 bits per heavy atom. The maximum absolute atomic E-state index is 12.0. The fraction of sp³-hybridized carbons (Fsp3) is 0.235. The molecule has 0 spiro atoms. The molecule has 5 heteroatoms. The molecular formula is C17H15NO4. The van der Waals surface area contributed by atoms with Crippen molar-refractivity contribution in [3.8, 4) is 5.75 Å². The minimum Gasteiger partial charge on any atom is -0.507 e. The molecule has 0 saturated heterocycles. The molecule has 0 radical (unpaired) electrons. The molecule has 2 aliphatic rings. The molecule has 0 aliphatic heterocycles. The number of Topliss-reactive ketones (excluding diaryl/α,β-unsaturated/α-hetero) is 1. The number of aromatic hydroxyl groups is 1. The van der Waals surface area contributed by atoms with Gasteiger partial charge in [0.1, 0.15) is 5.75 Å². The highest BCUT2D eigenvalue weighted by molar-refractivity contribution is 6.24. The number of ether oxygens (including phenoxy) is 1. The van der Waals surface area contributed by atoms with Gasteiger partial charge in [-0.15, -0.1) is 0 Å². The Morgan fingerprint density at radius 1 is 1.45 bits per heavy atom. The lowest BCUT2D eigenvalue weighted by Gasteiger charge is -2.21. The van der Waals surface area contributed by atoms with Crippen LogP contribution < -0.4 is 0 Å². The summed E-state index contributed by atoms with van der Waals surface area (Å²) >= 11 is 0. The number of benzene rings is 1. The minimum absolute atomic E-state index is 0.115. The predicted octanol–water partition coefficient (Wildman–Crippen LogP) is 2.51. The Morgan fingerprint density at radius 2 is 2.23 bits per heavy atom. The lowest BCUT2D eigenvalue weighted by Crippen LogP contribution is -2.21. The molecule has 0 heterocycles. The quantitative estimate of drug-likeness (QED) is 0.821. The zero-order valence-electron chi connectivity index (χ0n) is 12.1. The van der Waals surface area contributed by atoms with Crippen LogP contribution in [-0.4, -0.2) is 29.2 Å². The van der Waals surface area contributed by atoms with Crippen LogP contribution in [0.2, 0.25) is 0 Å². The molecule has 0 fully saturated rings. The molecule has 0 bridgehead atoms. The van der Waals surface area contributed by atoms with E-state index in [9.17, 15) is 14.7 Å². The Hall–Kier alpha value is -2.69. The summed E-state index contributed by atoms with van der Waals surface area (Å²) in [6, 6.07) is 1.80. The standard InChI is InChI=1S/C17H15NO4/c1-2-22-17(21)12-8-11-10(7-13(12)18)6-9-4-3-5-14(19)15(9)16(11)20/h3-4,6,8,18,20H,2,5,7H2,1H3. The van der Waals surface area contributed by atoms with Crippen LogP contribution in [0.3, 0.4) is 0 Å². The third kappa shape index (κ3) is 2.15. The smallest absolute Gasteiger partial charge is 0.339 e. The Kier molecular flexibility index (Phi) is 3.41. The first kappa shape index (κ1) is 14.3. The van der Waals surface area contributed by atoms with Gasteiger partial charge in [0.05, 0.1) is 23.5 Å². The van der Waals surface area contributed by atoms with Gasteiger partial charge in [-0.05, 0) is 30.2 Å². The molecule has 0 saturated carbocycles. The number of hydrogen-bond acceptors (Lipinski definition) is 5. The zero-order valence-corrected chi connectivity index (χ0v) is 12.1. The molecule has 0 amide bonds. The van der Waals surface area contributed by atoms with Gasteiger partial charge in [0.25, 0.3) is 0 Å². The molecular weight excluding hydrogens is 282 g/mol. The number of esters is 1. The van der Waals surface area contributed by atoms with Gasteiger partial charge >= 0.3 is 5.97 Å². The molecule has 1 aromatic carbocycles. The monoisotopic (exact) mass is 297 g/mol. The number of hydrogen-bond donors (Lipinski definition) is 2. The number of phenols is 1. The van der Waals surface area contributed by atoms with E-state index < -0.39 is 5.97 Å². The van der Waals surface area contributed by atoms with E-state index in [1.165, 1.54) is 6.08 Å². The summed E-state index contributed by atoms with van der Waals surface area (Å²) in [5.74, 6) is -0.845. The van der Waals surface area contributed by atoms with E-state index in [2.05, 4.69) is 0 Å². The molecule has 0 aromatic heterocycles. The van der Waals surface area contributed by atoms with Crippen LogP contribution in [0.15, 0.2) is 17.7 Å². The van der Waals surface area contributed by atoms with Gasteiger partial charge in [0.2, 0.25) is 0 Å². The highest BCUT2D eigenvalue weighted by Crippen LogP contribution is 2.37. The average Bonchev–Trinajstić information content (AvgIpc) is 2.47. The van der Waals surface area contributed by atoms with Gasteiger partial charge in [-0.1, -0.05) is 12.2 Å². The number of fused-ring (bicyclic) bond motifs is 2. The highest BCUT2D eigenvalue weighted by Gasteiger charge is 2.28. The minimum atomic E-state index is -0.582. The number of rotatable bonds is 2. The maximum atomic E-state index is 12.0. The third-order valence-corrected chi connectivity index (χ3v) is 3.81. The molecule has 1 aromatic rings. The van der Waals surface area contributed by atoms with E-state index in [0.717, 1.165) is 5.56 Å². The summed E-state index contributed by atoms with van der Waals surface area (Å²) in [5.41, 5.74) is 2.39. The van der Waals surface area contributed by atoms with Crippen molar-refractivity contribution in [1.29, 1.82) is 5.41 Å². The number of carbonyl (C=O) groups is 2. The lowest BCUT2D eigenvalue weighted by molar-refractivity contribution is -0.137. The molecule has 2 aliphatic carbocycles. The van der Waals surface area contributed by atoms with Crippen LogP contribution >= 0.6 is 0 Å². The van der Waals surface area contributed by atoms with Crippen molar-refractivity contribution in [2.45, 2.75) is 19.8 Å². The van der Waals surface area contributed by atoms with Crippen molar-refractivity contribution in [3.05, 3.63) is 40.0 Å². The van der Waals surface area contributed by atoms with Crippen LogP contribution in [-0.2, 0) is 16.0 Å². The highest BCUT2D eigenvalue weighted by atomic mass is 16.5. The first-order chi connectivity index (χ1) is 10.5. The normalized spacial score (nSPS) is 16.0. The maximum Gasteiger partial charge on any atom is 0.339 e. The number of phenolic OH excluding ortho intramolecular Hbond substituents is 1. The van der Waals surface area contributed by atoms with E-state index in [0.29, 0.717) is 11.1 Å². The summed E-state index contributed by atoms with van der Waals surface area (Å²) in [7, 11) is 0. The molecule has 5 nitrogen and oxygen atoms in total. The largest absolute Gasteiger partial charge is 0.507 e. The SMILES string of the molecule is CCOC(=O)C1=Cc2c(cc3c(c2O)C(=O)CC=C3)CC1=N. The number of nitrogens with one attached hydrogen (secondary N) is 1. The van der Waals surface area contributed by atoms with E-state index in [1.807, 2.05) is 0 Å². The van der Waals surface area contributed by atoms with Crippen LogP contribution in [0.5, 0.6) is 5.75 Å².